The van der Waals surface area contributed by atoms with Gasteiger partial charge in [-0.2, -0.15) is 11.8 Å². The Morgan fingerprint density at radius 2 is 2.36 bits per heavy atom. The predicted octanol–water partition coefficient (Wildman–Crippen LogP) is 2.78. The monoisotopic (exact) mass is 206 g/mol. The zero-order valence-corrected chi connectivity index (χ0v) is 8.89. The van der Waals surface area contributed by atoms with Gasteiger partial charge in [-0.05, 0) is 30.0 Å². The Morgan fingerprint density at radius 1 is 1.57 bits per heavy atom. The third-order valence-corrected chi connectivity index (χ3v) is 3.42. The molecule has 0 saturated carbocycles. The molecule has 0 spiro atoms. The molecule has 14 heavy (non-hydrogen) atoms. The Balaban J connectivity index is 2.26. The van der Waals surface area contributed by atoms with E-state index in [0.29, 0.717) is 5.75 Å². The van der Waals surface area contributed by atoms with Crippen molar-refractivity contribution >= 4 is 11.8 Å². The van der Waals surface area contributed by atoms with Crippen molar-refractivity contribution in [2.24, 2.45) is 0 Å². The van der Waals surface area contributed by atoms with Crippen molar-refractivity contribution in [3.05, 3.63) is 42.0 Å². The zero-order chi connectivity index (χ0) is 9.97. The average molecular weight is 206 g/mol. The molecule has 1 aromatic rings. The first-order valence-electron chi connectivity index (χ1n) is 4.83. The van der Waals surface area contributed by atoms with E-state index in [-0.39, 0.29) is 0 Å². The van der Waals surface area contributed by atoms with Gasteiger partial charge in [0, 0.05) is 11.0 Å². The second kappa shape index (κ2) is 4.09. The average Bonchev–Trinajstić information content (AvgIpc) is 2.95. The topological polar surface area (TPSA) is 20.2 Å². The number of hydrogen-bond acceptors (Lipinski definition) is 2. The highest BCUT2D eigenvalue weighted by atomic mass is 32.2. The van der Waals surface area contributed by atoms with Gasteiger partial charge in [0.1, 0.15) is 5.75 Å². The maximum atomic E-state index is 9.75. The molecule has 1 nitrogen and oxygen atoms in total. The van der Waals surface area contributed by atoms with Crippen LogP contribution in [-0.4, -0.2) is 16.1 Å². The smallest absolute Gasteiger partial charge is 0.119 e. The summed E-state index contributed by atoms with van der Waals surface area (Å²) in [7, 11) is 0. The van der Waals surface area contributed by atoms with Crippen molar-refractivity contribution in [1.29, 1.82) is 0 Å². The number of rotatable bonds is 4. The Morgan fingerprint density at radius 3 is 3.00 bits per heavy atom. The summed E-state index contributed by atoms with van der Waals surface area (Å²) in [6.07, 6.45) is 3.74. The number of benzene rings is 1. The third-order valence-electron chi connectivity index (χ3n) is 2.45. The summed E-state index contributed by atoms with van der Waals surface area (Å²) in [5.41, 5.74) is 2.33. The second-order valence-electron chi connectivity index (χ2n) is 3.57. The number of phenolic OH excluding ortho intramolecular Hbond substituents is 1. The van der Waals surface area contributed by atoms with Crippen LogP contribution in [0.1, 0.15) is 11.1 Å². The molecular formula is C12H14OS. The van der Waals surface area contributed by atoms with Crippen LogP contribution in [0.3, 0.4) is 0 Å². The molecule has 1 aromatic carbocycles. The number of hydrogen-bond donors (Lipinski definition) is 1. The van der Waals surface area contributed by atoms with Gasteiger partial charge in [-0.3, -0.25) is 0 Å². The van der Waals surface area contributed by atoms with Gasteiger partial charge in [0.05, 0.1) is 0 Å². The first-order valence-corrected chi connectivity index (χ1v) is 5.88. The summed E-state index contributed by atoms with van der Waals surface area (Å²) in [6, 6.07) is 5.75. The van der Waals surface area contributed by atoms with Gasteiger partial charge in [-0.15, -0.1) is 6.58 Å². The Hall–Kier alpha value is -0.890. The van der Waals surface area contributed by atoms with Crippen molar-refractivity contribution < 1.29 is 5.11 Å². The molecule has 0 bridgehead atoms. The summed E-state index contributed by atoms with van der Waals surface area (Å²) >= 11 is 1.96. The molecule has 1 atom stereocenters. The van der Waals surface area contributed by atoms with Crippen LogP contribution in [0, 0.1) is 0 Å². The number of aromatic hydroxyl groups is 1. The van der Waals surface area contributed by atoms with Crippen LogP contribution in [0.2, 0.25) is 0 Å². The lowest BCUT2D eigenvalue weighted by Crippen LogP contribution is -1.98. The van der Waals surface area contributed by atoms with Gasteiger partial charge in [0.15, 0.2) is 0 Å². The van der Waals surface area contributed by atoms with E-state index >= 15 is 0 Å². The third kappa shape index (κ3) is 2.13. The highest BCUT2D eigenvalue weighted by Crippen LogP contribution is 2.36. The maximum absolute atomic E-state index is 9.75. The van der Waals surface area contributed by atoms with Crippen LogP contribution in [0.25, 0.3) is 0 Å². The van der Waals surface area contributed by atoms with E-state index in [1.165, 1.54) is 11.3 Å². The lowest BCUT2D eigenvalue weighted by molar-refractivity contribution is 0.467. The Kier molecular flexibility index (Phi) is 2.82. The van der Waals surface area contributed by atoms with Crippen molar-refractivity contribution in [3.63, 3.8) is 0 Å². The molecule has 2 rings (SSSR count). The molecule has 0 radical (unpaired) electrons. The first-order chi connectivity index (χ1) is 6.81. The minimum atomic E-state index is 0.442. The minimum absolute atomic E-state index is 0.442. The fourth-order valence-electron chi connectivity index (χ4n) is 1.62. The molecule has 1 heterocycles. The molecule has 1 saturated heterocycles. The summed E-state index contributed by atoms with van der Waals surface area (Å²) in [5, 5.41) is 10.5. The standard InChI is InChI=1S/C12H14OS/c1-2-4-9-5-3-6-12(13)11(9)7-10-8-14-10/h2-3,5-6,10,13H,1,4,7-8H2. The van der Waals surface area contributed by atoms with E-state index in [0.717, 1.165) is 23.7 Å². The molecule has 74 valence electrons. The van der Waals surface area contributed by atoms with Crippen molar-refractivity contribution in [1.82, 2.24) is 0 Å². The van der Waals surface area contributed by atoms with Gasteiger partial charge < -0.3 is 5.11 Å². The van der Waals surface area contributed by atoms with E-state index in [1.54, 1.807) is 6.07 Å². The number of thioether (sulfide) groups is 1. The quantitative estimate of drug-likeness (QED) is 0.604. The Labute approximate surface area is 88.8 Å². The SMILES string of the molecule is C=CCc1cccc(O)c1CC1CS1. The zero-order valence-electron chi connectivity index (χ0n) is 8.07. The number of phenols is 1. The van der Waals surface area contributed by atoms with Crippen LogP contribution in [0.4, 0.5) is 0 Å². The van der Waals surface area contributed by atoms with E-state index in [1.807, 2.05) is 23.9 Å². The highest BCUT2D eigenvalue weighted by molar-refractivity contribution is 8.06. The van der Waals surface area contributed by atoms with Gasteiger partial charge in [0.25, 0.3) is 0 Å². The minimum Gasteiger partial charge on any atom is -0.508 e. The van der Waals surface area contributed by atoms with Crippen LogP contribution < -0.4 is 0 Å². The summed E-state index contributed by atoms with van der Waals surface area (Å²) in [5.74, 6) is 1.68. The molecule has 1 N–H and O–H groups in total. The van der Waals surface area contributed by atoms with Gasteiger partial charge >= 0.3 is 0 Å². The largest absolute Gasteiger partial charge is 0.508 e. The van der Waals surface area contributed by atoms with Crippen molar-refractivity contribution in [2.45, 2.75) is 18.1 Å². The predicted molar refractivity (Wildman–Crippen MR) is 62.0 cm³/mol. The summed E-state index contributed by atoms with van der Waals surface area (Å²) < 4.78 is 0. The van der Waals surface area contributed by atoms with Crippen molar-refractivity contribution in [2.75, 3.05) is 5.75 Å². The number of allylic oxidation sites excluding steroid dienone is 1. The van der Waals surface area contributed by atoms with E-state index < -0.39 is 0 Å². The molecule has 1 fully saturated rings. The van der Waals surface area contributed by atoms with Gasteiger partial charge in [0.2, 0.25) is 0 Å². The van der Waals surface area contributed by atoms with Crippen LogP contribution in [0.15, 0.2) is 30.9 Å². The van der Waals surface area contributed by atoms with Crippen molar-refractivity contribution in [3.8, 4) is 5.75 Å². The summed E-state index contributed by atoms with van der Waals surface area (Å²) in [6.45, 7) is 3.73. The fourth-order valence-corrected chi connectivity index (χ4v) is 2.16. The fraction of sp³-hybridized carbons (Fsp3) is 0.333. The molecule has 1 unspecified atom stereocenters. The van der Waals surface area contributed by atoms with Crippen LogP contribution >= 0.6 is 11.8 Å². The van der Waals surface area contributed by atoms with Gasteiger partial charge in [-0.1, -0.05) is 18.2 Å². The highest BCUT2D eigenvalue weighted by Gasteiger charge is 2.24. The second-order valence-corrected chi connectivity index (χ2v) is 4.90. The summed E-state index contributed by atoms with van der Waals surface area (Å²) in [4.78, 5) is 0. The van der Waals surface area contributed by atoms with E-state index in [4.69, 9.17) is 0 Å². The lowest BCUT2D eigenvalue weighted by atomic mass is 10.00. The maximum Gasteiger partial charge on any atom is 0.119 e. The lowest BCUT2D eigenvalue weighted by Gasteiger charge is -2.08. The normalized spacial score (nSPS) is 19.3. The molecule has 1 aliphatic heterocycles. The molecular weight excluding hydrogens is 192 g/mol. The van der Waals surface area contributed by atoms with Gasteiger partial charge in [-0.25, -0.2) is 0 Å². The molecule has 0 aromatic heterocycles. The van der Waals surface area contributed by atoms with E-state index in [2.05, 4.69) is 12.6 Å². The molecule has 0 aliphatic carbocycles. The Bertz CT molecular complexity index is 342. The molecule has 2 heteroatoms. The molecule has 1 aliphatic rings. The first kappa shape index (κ1) is 9.66. The molecule has 0 amide bonds. The van der Waals surface area contributed by atoms with Crippen LogP contribution in [0.5, 0.6) is 5.75 Å². The van der Waals surface area contributed by atoms with E-state index in [9.17, 15) is 5.11 Å². The van der Waals surface area contributed by atoms with Crippen LogP contribution in [-0.2, 0) is 12.8 Å².